The van der Waals surface area contributed by atoms with Crippen molar-refractivity contribution in [1.29, 1.82) is 0 Å². The van der Waals surface area contributed by atoms with Crippen molar-refractivity contribution in [2.75, 3.05) is 0 Å². The summed E-state index contributed by atoms with van der Waals surface area (Å²) in [4.78, 5) is 11.5. The van der Waals surface area contributed by atoms with E-state index >= 15 is 0 Å². The molecule has 1 unspecified atom stereocenters. The van der Waals surface area contributed by atoms with Crippen LogP contribution in [0.15, 0.2) is 70.5 Å². The Kier molecular flexibility index (Phi) is 7.49. The Hall–Kier alpha value is -3.50. The van der Waals surface area contributed by atoms with Crippen molar-refractivity contribution in [2.45, 2.75) is 40.5 Å². The number of ketones is 1. The Morgan fingerprint density at radius 1 is 0.875 bits per heavy atom. The van der Waals surface area contributed by atoms with Gasteiger partial charge in [-0.05, 0) is 54.3 Å². The molecule has 0 radical (unpaired) electrons. The highest BCUT2D eigenvalue weighted by Gasteiger charge is 2.47. The average molecular weight is 612 g/mol. The van der Waals surface area contributed by atoms with Gasteiger partial charge >= 0.3 is 21.9 Å². The second kappa shape index (κ2) is 10.2. The second-order valence-electron chi connectivity index (χ2n) is 8.54. The maximum atomic E-state index is 14.4. The number of alkyl halides is 6. The molecular weight excluding hydrogens is 595 g/mol. The Balaban J connectivity index is 1.76. The predicted octanol–water partition coefficient (Wildman–Crippen LogP) is 5.21. The lowest BCUT2D eigenvalue weighted by Gasteiger charge is -2.16. The summed E-state index contributed by atoms with van der Waals surface area (Å²) in [5.74, 6) is -3.24. The van der Waals surface area contributed by atoms with Gasteiger partial charge in [-0.1, -0.05) is 24.3 Å². The van der Waals surface area contributed by atoms with E-state index in [9.17, 15) is 52.4 Å². The quantitative estimate of drug-likeness (QED) is 0.290. The maximum Gasteiger partial charge on any atom is 0.573 e. The molecule has 0 spiro atoms. The second-order valence-corrected chi connectivity index (χ2v) is 12.1. The molecule has 0 heterocycles. The Morgan fingerprint density at radius 2 is 1.55 bits per heavy atom. The molecule has 16 heteroatoms. The number of rotatable bonds is 7. The Morgan fingerprint density at radius 3 is 2.17 bits per heavy atom. The number of sulfonamides is 1. The van der Waals surface area contributed by atoms with Crippen LogP contribution in [0.25, 0.3) is 0 Å². The number of sulfone groups is 1. The molecule has 0 saturated heterocycles. The summed E-state index contributed by atoms with van der Waals surface area (Å²) in [5.41, 5.74) is -5.94. The summed E-state index contributed by atoms with van der Waals surface area (Å²) in [6.07, 6.45) is -5.23. The molecule has 0 fully saturated rings. The zero-order valence-corrected chi connectivity index (χ0v) is 21.3. The van der Waals surface area contributed by atoms with E-state index in [0.717, 1.165) is 30.3 Å². The highest BCUT2D eigenvalue weighted by molar-refractivity contribution is 7.91. The number of hydrogen-bond donors (Lipinski definition) is 1. The Labute approximate surface area is 222 Å². The van der Waals surface area contributed by atoms with Gasteiger partial charge in [0.2, 0.25) is 9.84 Å². The van der Waals surface area contributed by atoms with Crippen LogP contribution >= 0.6 is 0 Å². The van der Waals surface area contributed by atoms with E-state index in [4.69, 9.17) is 0 Å². The molecule has 3 aromatic rings. The zero-order chi connectivity index (χ0) is 29.7. The molecule has 0 saturated carbocycles. The van der Waals surface area contributed by atoms with Gasteiger partial charge in [0.25, 0.3) is 0 Å². The molecule has 0 amide bonds. The van der Waals surface area contributed by atoms with Gasteiger partial charge in [-0.2, -0.15) is 17.9 Å². The number of hydrogen-bond acceptors (Lipinski definition) is 6. The zero-order valence-electron chi connectivity index (χ0n) is 19.7. The van der Waals surface area contributed by atoms with Crippen molar-refractivity contribution >= 4 is 25.6 Å². The van der Waals surface area contributed by atoms with E-state index in [-0.39, 0.29) is 29.5 Å². The van der Waals surface area contributed by atoms with E-state index < -0.39 is 70.5 Å². The van der Waals surface area contributed by atoms with Crippen molar-refractivity contribution in [2.24, 2.45) is 0 Å². The van der Waals surface area contributed by atoms with Crippen molar-refractivity contribution in [1.82, 2.24) is 4.72 Å². The number of benzene rings is 3. The van der Waals surface area contributed by atoms with Gasteiger partial charge < -0.3 is 4.74 Å². The molecule has 7 nitrogen and oxygen atoms in total. The largest absolute Gasteiger partial charge is 0.573 e. The monoisotopic (exact) mass is 611 g/mol. The van der Waals surface area contributed by atoms with Crippen molar-refractivity contribution in [3.63, 3.8) is 0 Å². The minimum atomic E-state index is -5.67. The first kappa shape index (κ1) is 29.5. The highest BCUT2D eigenvalue weighted by atomic mass is 32.2. The molecule has 40 heavy (non-hydrogen) atoms. The third kappa shape index (κ3) is 5.83. The van der Waals surface area contributed by atoms with E-state index in [1.165, 1.54) is 18.2 Å². The lowest BCUT2D eigenvalue weighted by Crippen LogP contribution is -2.38. The topological polar surface area (TPSA) is 107 Å². The standard InChI is InChI=1S/C24H16F7NO6S2/c25-18-3-1-2-4-20(18)39(34,35)21-12-15(38-23(26,27)28)7-9-17(21)22(33)14-5-8-16-13(11-14)6-10-19(16)32-40(36,37)24(29,30)31/h1-5,7-9,11-12,19,32H,6,10H2. The predicted molar refractivity (Wildman–Crippen MR) is 124 cm³/mol. The third-order valence-corrected chi connectivity index (χ3v) is 8.96. The van der Waals surface area contributed by atoms with E-state index in [1.54, 1.807) is 4.72 Å². The van der Waals surface area contributed by atoms with Crippen LogP contribution in [0.4, 0.5) is 30.7 Å². The van der Waals surface area contributed by atoms with Gasteiger partial charge in [0.1, 0.15) is 16.5 Å². The maximum absolute atomic E-state index is 14.4. The van der Waals surface area contributed by atoms with Gasteiger partial charge in [0.05, 0.1) is 4.90 Å². The van der Waals surface area contributed by atoms with Crippen LogP contribution in [0, 0.1) is 5.82 Å². The summed E-state index contributed by atoms with van der Waals surface area (Å²) >= 11 is 0. The molecule has 1 atom stereocenters. The van der Waals surface area contributed by atoms with Gasteiger partial charge in [-0.3, -0.25) is 4.79 Å². The van der Waals surface area contributed by atoms with Crippen LogP contribution in [-0.2, 0) is 26.3 Å². The fraction of sp³-hybridized carbons (Fsp3) is 0.208. The summed E-state index contributed by atoms with van der Waals surface area (Å²) in [7, 11) is -10.6. The Bertz CT molecular complexity index is 1700. The molecule has 1 aliphatic rings. The van der Waals surface area contributed by atoms with Crippen molar-refractivity contribution < 1.29 is 57.1 Å². The molecule has 1 aliphatic carbocycles. The summed E-state index contributed by atoms with van der Waals surface area (Å²) < 4.78 is 146. The van der Waals surface area contributed by atoms with Crippen LogP contribution in [0.5, 0.6) is 5.75 Å². The first-order valence-corrected chi connectivity index (χ1v) is 14.0. The average Bonchev–Trinajstić information content (AvgIpc) is 3.23. The highest BCUT2D eigenvalue weighted by Crippen LogP contribution is 2.36. The number of carbonyl (C=O) groups excluding carboxylic acids is 1. The number of carbonyl (C=O) groups is 1. The van der Waals surface area contributed by atoms with E-state index in [1.807, 2.05) is 0 Å². The van der Waals surface area contributed by atoms with Gasteiger partial charge in [0.15, 0.2) is 5.78 Å². The first-order valence-electron chi connectivity index (χ1n) is 11.1. The lowest BCUT2D eigenvalue weighted by atomic mass is 9.98. The molecule has 214 valence electrons. The van der Waals surface area contributed by atoms with E-state index in [2.05, 4.69) is 4.74 Å². The number of halogens is 7. The molecule has 3 aromatic carbocycles. The summed E-state index contributed by atoms with van der Waals surface area (Å²) in [5, 5.41) is 0. The minimum Gasteiger partial charge on any atom is -0.406 e. The minimum absolute atomic E-state index is 0.0558. The molecule has 0 aliphatic heterocycles. The van der Waals surface area contributed by atoms with Gasteiger partial charge in [-0.25, -0.2) is 21.2 Å². The smallest absolute Gasteiger partial charge is 0.406 e. The lowest BCUT2D eigenvalue weighted by molar-refractivity contribution is -0.274. The normalized spacial score (nSPS) is 16.0. The summed E-state index contributed by atoms with van der Waals surface area (Å²) in [6.45, 7) is 0. The van der Waals surface area contributed by atoms with Crippen LogP contribution in [0.2, 0.25) is 0 Å². The number of nitrogens with one attached hydrogen (secondary N) is 1. The van der Waals surface area contributed by atoms with Crippen LogP contribution < -0.4 is 9.46 Å². The van der Waals surface area contributed by atoms with Crippen LogP contribution in [0.1, 0.15) is 39.5 Å². The molecule has 0 aromatic heterocycles. The third-order valence-electron chi connectivity index (χ3n) is 5.93. The number of fused-ring (bicyclic) bond motifs is 1. The first-order chi connectivity index (χ1) is 18.4. The molecular formula is C24H16F7NO6S2. The van der Waals surface area contributed by atoms with Gasteiger partial charge in [0, 0.05) is 23.2 Å². The summed E-state index contributed by atoms with van der Waals surface area (Å²) in [6, 6.07) is 8.11. The number of aryl methyl sites for hydroxylation is 1. The van der Waals surface area contributed by atoms with Crippen molar-refractivity contribution in [3.8, 4) is 5.75 Å². The molecule has 1 N–H and O–H groups in total. The molecule has 4 rings (SSSR count). The van der Waals surface area contributed by atoms with E-state index in [0.29, 0.717) is 12.1 Å². The van der Waals surface area contributed by atoms with Crippen LogP contribution in [-0.4, -0.2) is 34.5 Å². The molecule has 0 bridgehead atoms. The fourth-order valence-corrected chi connectivity index (χ4v) is 6.48. The fourth-order valence-electron chi connectivity index (χ4n) is 4.18. The van der Waals surface area contributed by atoms with Crippen molar-refractivity contribution in [3.05, 3.63) is 88.7 Å². The van der Waals surface area contributed by atoms with Crippen LogP contribution in [0.3, 0.4) is 0 Å². The SMILES string of the molecule is O=C(c1ccc2c(c1)CCC2NS(=O)(=O)C(F)(F)F)c1ccc(OC(F)(F)F)cc1S(=O)(=O)c1ccccc1F. The van der Waals surface area contributed by atoms with Gasteiger partial charge in [-0.15, -0.1) is 13.2 Å². The number of ether oxygens (including phenoxy) is 1.